The first-order valence-corrected chi connectivity index (χ1v) is 7.67. The van der Waals surface area contributed by atoms with Crippen LogP contribution in [0.1, 0.15) is 32.6 Å². The molecule has 1 aliphatic carbocycles. The van der Waals surface area contributed by atoms with Gasteiger partial charge in [-0.1, -0.05) is 19.8 Å². The molecule has 1 aliphatic rings. The van der Waals surface area contributed by atoms with Crippen LogP contribution in [-0.4, -0.2) is 22.2 Å². The lowest BCUT2D eigenvalue weighted by Crippen LogP contribution is -2.41. The predicted molar refractivity (Wildman–Crippen MR) is 87.2 cm³/mol. The van der Waals surface area contributed by atoms with E-state index in [1.54, 1.807) is 6.20 Å². The van der Waals surface area contributed by atoms with E-state index < -0.39 is 5.60 Å². The SMILES string of the molecule is CC1CCCC(O)(CNc2ccc(N)c3cccnc23)C1. The zero-order valence-corrected chi connectivity index (χ0v) is 12.5. The number of anilines is 2. The van der Waals surface area contributed by atoms with E-state index in [9.17, 15) is 5.11 Å². The number of nitrogens with zero attached hydrogens (tertiary/aromatic N) is 1. The molecule has 0 amide bonds. The lowest BCUT2D eigenvalue weighted by Gasteiger charge is -2.36. The lowest BCUT2D eigenvalue weighted by atomic mass is 9.79. The molecule has 4 heteroatoms. The third-order valence-electron chi connectivity index (χ3n) is 4.48. The van der Waals surface area contributed by atoms with Gasteiger partial charge >= 0.3 is 0 Å². The molecule has 1 fully saturated rings. The highest BCUT2D eigenvalue weighted by atomic mass is 16.3. The first-order valence-electron chi connectivity index (χ1n) is 7.67. The number of rotatable bonds is 3. The number of benzene rings is 1. The largest absolute Gasteiger partial charge is 0.398 e. The van der Waals surface area contributed by atoms with Crippen molar-refractivity contribution in [3.63, 3.8) is 0 Å². The number of pyridine rings is 1. The van der Waals surface area contributed by atoms with E-state index in [-0.39, 0.29) is 0 Å². The van der Waals surface area contributed by atoms with Crippen molar-refractivity contribution >= 4 is 22.3 Å². The van der Waals surface area contributed by atoms with Crippen molar-refractivity contribution in [2.75, 3.05) is 17.6 Å². The first kappa shape index (κ1) is 14.1. The summed E-state index contributed by atoms with van der Waals surface area (Å²) in [4.78, 5) is 4.42. The van der Waals surface area contributed by atoms with E-state index in [1.807, 2.05) is 24.3 Å². The van der Waals surface area contributed by atoms with Crippen LogP contribution in [0.3, 0.4) is 0 Å². The molecule has 4 N–H and O–H groups in total. The Morgan fingerprint density at radius 3 is 3.10 bits per heavy atom. The van der Waals surface area contributed by atoms with Crippen molar-refractivity contribution < 1.29 is 5.11 Å². The number of hydrogen-bond donors (Lipinski definition) is 3. The molecule has 1 heterocycles. The molecule has 0 radical (unpaired) electrons. The van der Waals surface area contributed by atoms with Crippen LogP contribution in [0.2, 0.25) is 0 Å². The highest BCUT2D eigenvalue weighted by Crippen LogP contribution is 2.33. The van der Waals surface area contributed by atoms with Crippen molar-refractivity contribution in [3.05, 3.63) is 30.5 Å². The number of nitrogens with two attached hydrogens (primary N) is 1. The molecular formula is C17H23N3O. The minimum atomic E-state index is -0.611. The Kier molecular flexibility index (Phi) is 3.72. The summed E-state index contributed by atoms with van der Waals surface area (Å²) in [7, 11) is 0. The summed E-state index contributed by atoms with van der Waals surface area (Å²) in [5.74, 6) is 0.590. The molecular weight excluding hydrogens is 262 g/mol. The zero-order chi connectivity index (χ0) is 14.9. The van der Waals surface area contributed by atoms with E-state index in [0.29, 0.717) is 12.5 Å². The number of nitrogen functional groups attached to an aromatic ring is 1. The first-order chi connectivity index (χ1) is 10.1. The summed E-state index contributed by atoms with van der Waals surface area (Å²) in [5, 5.41) is 15.1. The average molecular weight is 285 g/mol. The topological polar surface area (TPSA) is 71.2 Å². The van der Waals surface area contributed by atoms with Crippen LogP contribution >= 0.6 is 0 Å². The van der Waals surface area contributed by atoms with Gasteiger partial charge in [0.15, 0.2) is 0 Å². The Bertz CT molecular complexity index is 643. The molecule has 112 valence electrons. The molecule has 1 aromatic carbocycles. The van der Waals surface area contributed by atoms with Gasteiger partial charge in [-0.05, 0) is 43.0 Å². The maximum Gasteiger partial charge on any atom is 0.0953 e. The number of aliphatic hydroxyl groups is 1. The standard InChI is InChI=1S/C17H23N3O/c1-12-4-2-8-17(21,10-12)11-20-15-7-6-14(18)13-5-3-9-19-16(13)15/h3,5-7,9,12,20-21H,2,4,8,10-11,18H2,1H3. The maximum absolute atomic E-state index is 10.7. The molecule has 0 aliphatic heterocycles. The number of aromatic nitrogens is 1. The van der Waals surface area contributed by atoms with Gasteiger partial charge in [0, 0.05) is 23.8 Å². The van der Waals surface area contributed by atoms with Gasteiger partial charge in [0.2, 0.25) is 0 Å². The van der Waals surface area contributed by atoms with Crippen molar-refractivity contribution in [1.82, 2.24) is 4.98 Å². The van der Waals surface area contributed by atoms with Gasteiger partial charge in [0.25, 0.3) is 0 Å². The van der Waals surface area contributed by atoms with Crippen LogP contribution in [0, 0.1) is 5.92 Å². The van der Waals surface area contributed by atoms with Crippen LogP contribution in [0.15, 0.2) is 30.5 Å². The average Bonchev–Trinajstić information content (AvgIpc) is 2.47. The summed E-state index contributed by atoms with van der Waals surface area (Å²) in [6.07, 6.45) is 5.81. The third-order valence-corrected chi connectivity index (χ3v) is 4.48. The minimum absolute atomic E-state index is 0.562. The van der Waals surface area contributed by atoms with Crippen LogP contribution in [0.25, 0.3) is 10.9 Å². The number of nitrogens with one attached hydrogen (secondary N) is 1. The highest BCUT2D eigenvalue weighted by molar-refractivity contribution is 5.98. The molecule has 0 bridgehead atoms. The van der Waals surface area contributed by atoms with Crippen LogP contribution in [0.4, 0.5) is 11.4 Å². The Morgan fingerprint density at radius 2 is 2.29 bits per heavy atom. The maximum atomic E-state index is 10.7. The fourth-order valence-electron chi connectivity index (χ4n) is 3.39. The van der Waals surface area contributed by atoms with Crippen molar-refractivity contribution in [2.45, 2.75) is 38.2 Å². The summed E-state index contributed by atoms with van der Waals surface area (Å²) >= 11 is 0. The third kappa shape index (κ3) is 2.95. The van der Waals surface area contributed by atoms with E-state index in [2.05, 4.69) is 17.2 Å². The summed E-state index contributed by atoms with van der Waals surface area (Å²) in [5.41, 5.74) is 7.91. The van der Waals surface area contributed by atoms with Crippen molar-refractivity contribution in [1.29, 1.82) is 0 Å². The molecule has 0 spiro atoms. The molecule has 1 saturated carbocycles. The highest BCUT2D eigenvalue weighted by Gasteiger charge is 2.32. The second kappa shape index (κ2) is 5.53. The fourth-order valence-corrected chi connectivity index (χ4v) is 3.39. The number of hydrogen-bond acceptors (Lipinski definition) is 4. The van der Waals surface area contributed by atoms with Gasteiger partial charge in [0.05, 0.1) is 16.8 Å². The van der Waals surface area contributed by atoms with Gasteiger partial charge in [0.1, 0.15) is 0 Å². The van der Waals surface area contributed by atoms with E-state index in [0.717, 1.165) is 41.5 Å². The van der Waals surface area contributed by atoms with Gasteiger partial charge in [-0.25, -0.2) is 0 Å². The van der Waals surface area contributed by atoms with Crippen LogP contribution < -0.4 is 11.1 Å². The summed E-state index contributed by atoms with van der Waals surface area (Å²) in [6, 6.07) is 7.69. The quantitative estimate of drug-likeness (QED) is 0.757. The van der Waals surface area contributed by atoms with Gasteiger partial charge in [-0.3, -0.25) is 4.98 Å². The molecule has 4 nitrogen and oxygen atoms in total. The fraction of sp³-hybridized carbons (Fsp3) is 0.471. The molecule has 2 unspecified atom stereocenters. The van der Waals surface area contributed by atoms with Gasteiger partial charge in [-0.2, -0.15) is 0 Å². The Labute approximate surface area is 125 Å². The molecule has 3 rings (SSSR count). The molecule has 2 atom stereocenters. The second-order valence-corrected chi connectivity index (χ2v) is 6.38. The smallest absolute Gasteiger partial charge is 0.0953 e. The van der Waals surface area contributed by atoms with Gasteiger partial charge in [-0.15, -0.1) is 0 Å². The van der Waals surface area contributed by atoms with Crippen LogP contribution in [0.5, 0.6) is 0 Å². The van der Waals surface area contributed by atoms with Gasteiger partial charge < -0.3 is 16.2 Å². The lowest BCUT2D eigenvalue weighted by molar-refractivity contribution is -0.000739. The summed E-state index contributed by atoms with van der Waals surface area (Å²) < 4.78 is 0. The Morgan fingerprint density at radius 1 is 1.43 bits per heavy atom. The van der Waals surface area contributed by atoms with Crippen molar-refractivity contribution in [2.24, 2.45) is 5.92 Å². The molecule has 21 heavy (non-hydrogen) atoms. The zero-order valence-electron chi connectivity index (χ0n) is 12.5. The van der Waals surface area contributed by atoms with Crippen LogP contribution in [-0.2, 0) is 0 Å². The Hall–Kier alpha value is -1.81. The Balaban J connectivity index is 1.81. The molecule has 0 saturated heterocycles. The molecule has 1 aromatic heterocycles. The molecule has 2 aromatic rings. The van der Waals surface area contributed by atoms with E-state index in [1.165, 1.54) is 6.42 Å². The predicted octanol–water partition coefficient (Wildman–Crippen LogP) is 3.17. The van der Waals surface area contributed by atoms with E-state index in [4.69, 9.17) is 5.73 Å². The second-order valence-electron chi connectivity index (χ2n) is 6.38. The number of fused-ring (bicyclic) bond motifs is 1. The van der Waals surface area contributed by atoms with Crippen molar-refractivity contribution in [3.8, 4) is 0 Å². The monoisotopic (exact) mass is 285 g/mol. The van der Waals surface area contributed by atoms with E-state index >= 15 is 0 Å². The normalized spacial score (nSPS) is 25.9. The minimum Gasteiger partial charge on any atom is -0.398 e. The summed E-state index contributed by atoms with van der Waals surface area (Å²) in [6.45, 7) is 2.78.